The van der Waals surface area contributed by atoms with Crippen LogP contribution in [0.1, 0.15) is 39.1 Å². The van der Waals surface area contributed by atoms with E-state index in [0.29, 0.717) is 18.3 Å². The fourth-order valence-corrected chi connectivity index (χ4v) is 3.32. The van der Waals surface area contributed by atoms with Crippen LogP contribution in [0.4, 0.5) is 0 Å². The quantitative estimate of drug-likeness (QED) is 0.740. The number of carbonyl (C=O) groups excluding carboxylic acids is 3. The van der Waals surface area contributed by atoms with E-state index in [1.54, 1.807) is 12.1 Å². The van der Waals surface area contributed by atoms with E-state index in [2.05, 4.69) is 0 Å². The molecular weight excluding hydrogens is 362 g/mol. The molecule has 1 saturated heterocycles. The summed E-state index contributed by atoms with van der Waals surface area (Å²) in [6, 6.07) is 15.8. The number of imide groups is 1. The van der Waals surface area contributed by atoms with Gasteiger partial charge in [-0.05, 0) is 17.7 Å². The Kier molecular flexibility index (Phi) is 4.93. The third-order valence-corrected chi connectivity index (χ3v) is 4.96. The van der Waals surface area contributed by atoms with Crippen molar-refractivity contribution in [3.63, 3.8) is 0 Å². The molecule has 0 radical (unpaired) electrons. The fraction of sp³-hybridized carbons (Fsp3) is 0.286. The molecule has 2 aliphatic heterocycles. The lowest BCUT2D eigenvalue weighted by Gasteiger charge is -2.35. The molecule has 0 bridgehead atoms. The number of amides is 2. The molecule has 2 amide bonds. The third kappa shape index (κ3) is 3.30. The first kappa shape index (κ1) is 18.3. The maximum Gasteiger partial charge on any atom is 0.364 e. The minimum atomic E-state index is -1.27. The fourth-order valence-electron chi connectivity index (χ4n) is 3.32. The van der Waals surface area contributed by atoms with Gasteiger partial charge in [0, 0.05) is 26.1 Å². The monoisotopic (exact) mass is 381 g/mol. The highest BCUT2D eigenvalue weighted by molar-refractivity contribution is 6.21. The van der Waals surface area contributed by atoms with Gasteiger partial charge in [-0.25, -0.2) is 4.79 Å². The predicted molar refractivity (Wildman–Crippen MR) is 97.0 cm³/mol. The molecule has 0 aliphatic carbocycles. The van der Waals surface area contributed by atoms with Gasteiger partial charge in [-0.2, -0.15) is 0 Å². The van der Waals surface area contributed by atoms with Crippen LogP contribution < -0.4 is 0 Å². The molecule has 7 nitrogen and oxygen atoms in total. The zero-order valence-electron chi connectivity index (χ0n) is 15.1. The van der Waals surface area contributed by atoms with Crippen molar-refractivity contribution in [1.82, 2.24) is 5.06 Å². The zero-order valence-corrected chi connectivity index (χ0v) is 15.1. The van der Waals surface area contributed by atoms with Crippen molar-refractivity contribution in [2.75, 3.05) is 13.2 Å². The second kappa shape index (κ2) is 7.53. The van der Waals surface area contributed by atoms with Crippen LogP contribution in [0.25, 0.3) is 0 Å². The average Bonchev–Trinajstić information content (AvgIpc) is 2.99. The van der Waals surface area contributed by atoms with E-state index >= 15 is 0 Å². The molecule has 0 spiro atoms. The largest absolute Gasteiger partial charge is 0.381 e. The first-order valence-electron chi connectivity index (χ1n) is 9.07. The molecular formula is C21H19NO6. The molecule has 2 aromatic rings. The Morgan fingerprint density at radius 1 is 0.929 bits per heavy atom. The third-order valence-electron chi connectivity index (χ3n) is 4.96. The van der Waals surface area contributed by atoms with Crippen molar-refractivity contribution in [2.24, 2.45) is 0 Å². The summed E-state index contributed by atoms with van der Waals surface area (Å²) in [4.78, 5) is 43.2. The number of carbonyl (C=O) groups is 3. The SMILES string of the molecule is O=C1c2ccccc2C(=O)N1OC(=O)C1(OCc2ccccc2)CCOCC1. The number of rotatable bonds is 5. The summed E-state index contributed by atoms with van der Waals surface area (Å²) in [5, 5.41) is 0.524. The maximum atomic E-state index is 13.0. The van der Waals surface area contributed by atoms with Crippen LogP contribution in [-0.4, -0.2) is 41.7 Å². The van der Waals surface area contributed by atoms with Crippen molar-refractivity contribution in [3.05, 3.63) is 71.3 Å². The van der Waals surface area contributed by atoms with E-state index in [4.69, 9.17) is 14.3 Å². The lowest BCUT2D eigenvalue weighted by molar-refractivity contribution is -0.208. The molecule has 0 atom stereocenters. The van der Waals surface area contributed by atoms with Gasteiger partial charge in [0.05, 0.1) is 17.7 Å². The van der Waals surface area contributed by atoms with Gasteiger partial charge in [0.25, 0.3) is 11.8 Å². The van der Waals surface area contributed by atoms with Crippen LogP contribution >= 0.6 is 0 Å². The van der Waals surface area contributed by atoms with E-state index in [1.807, 2.05) is 30.3 Å². The van der Waals surface area contributed by atoms with Crippen LogP contribution in [0.2, 0.25) is 0 Å². The van der Waals surface area contributed by atoms with Gasteiger partial charge >= 0.3 is 5.97 Å². The predicted octanol–water partition coefficient (Wildman–Crippen LogP) is 2.51. The van der Waals surface area contributed by atoms with Crippen LogP contribution in [0, 0.1) is 0 Å². The zero-order chi connectivity index (χ0) is 19.6. The van der Waals surface area contributed by atoms with E-state index in [-0.39, 0.29) is 30.6 Å². The van der Waals surface area contributed by atoms with Crippen LogP contribution in [0.15, 0.2) is 54.6 Å². The lowest BCUT2D eigenvalue weighted by Crippen LogP contribution is -2.50. The van der Waals surface area contributed by atoms with Crippen LogP contribution in [-0.2, 0) is 25.7 Å². The number of nitrogens with zero attached hydrogens (tertiary/aromatic N) is 1. The molecule has 0 aromatic heterocycles. The summed E-state index contributed by atoms with van der Waals surface area (Å²) in [6.07, 6.45) is 0.559. The Balaban J connectivity index is 1.52. The molecule has 144 valence electrons. The van der Waals surface area contributed by atoms with Gasteiger partial charge in [-0.1, -0.05) is 47.5 Å². The summed E-state index contributed by atoms with van der Waals surface area (Å²) >= 11 is 0. The first-order chi connectivity index (χ1) is 13.6. The second-order valence-electron chi connectivity index (χ2n) is 6.71. The number of fused-ring (bicyclic) bond motifs is 1. The van der Waals surface area contributed by atoms with Crippen molar-refractivity contribution in [3.8, 4) is 0 Å². The standard InChI is InChI=1S/C21H19NO6/c23-18-16-8-4-5-9-17(16)19(24)22(18)28-20(25)21(10-12-26-13-11-21)27-14-15-6-2-1-3-7-15/h1-9H,10-14H2. The Labute approximate surface area is 161 Å². The number of hydrogen-bond donors (Lipinski definition) is 0. The highest BCUT2D eigenvalue weighted by Crippen LogP contribution is 2.30. The minimum Gasteiger partial charge on any atom is -0.381 e. The lowest BCUT2D eigenvalue weighted by atomic mass is 9.94. The molecule has 0 unspecified atom stereocenters. The van der Waals surface area contributed by atoms with E-state index in [1.165, 1.54) is 12.1 Å². The number of benzene rings is 2. The van der Waals surface area contributed by atoms with Gasteiger partial charge in [0.2, 0.25) is 0 Å². The first-order valence-corrected chi connectivity index (χ1v) is 9.07. The number of ether oxygens (including phenoxy) is 2. The molecule has 0 N–H and O–H groups in total. The summed E-state index contributed by atoms with van der Waals surface area (Å²) in [5.74, 6) is -2.07. The minimum absolute atomic E-state index is 0.206. The van der Waals surface area contributed by atoms with E-state index in [0.717, 1.165) is 5.56 Å². The van der Waals surface area contributed by atoms with Gasteiger partial charge in [0.1, 0.15) is 0 Å². The molecule has 2 heterocycles. The smallest absolute Gasteiger partial charge is 0.364 e. The van der Waals surface area contributed by atoms with Gasteiger partial charge < -0.3 is 14.3 Å². The summed E-state index contributed by atoms with van der Waals surface area (Å²) in [6.45, 7) is 0.857. The maximum absolute atomic E-state index is 13.0. The van der Waals surface area contributed by atoms with Crippen molar-refractivity contribution >= 4 is 17.8 Å². The topological polar surface area (TPSA) is 82.1 Å². The molecule has 2 aromatic carbocycles. The molecule has 0 saturated carbocycles. The molecule has 1 fully saturated rings. The van der Waals surface area contributed by atoms with Crippen molar-refractivity contribution in [1.29, 1.82) is 0 Å². The Morgan fingerprint density at radius 3 is 2.11 bits per heavy atom. The van der Waals surface area contributed by atoms with Crippen molar-refractivity contribution in [2.45, 2.75) is 25.0 Å². The van der Waals surface area contributed by atoms with Gasteiger partial charge in [0.15, 0.2) is 5.60 Å². The Morgan fingerprint density at radius 2 is 1.50 bits per heavy atom. The Bertz CT molecular complexity index is 869. The molecule has 4 rings (SSSR count). The number of hydroxylamine groups is 2. The van der Waals surface area contributed by atoms with Gasteiger partial charge in [-0.3, -0.25) is 9.59 Å². The van der Waals surface area contributed by atoms with E-state index in [9.17, 15) is 14.4 Å². The second-order valence-corrected chi connectivity index (χ2v) is 6.71. The molecule has 28 heavy (non-hydrogen) atoms. The Hall–Kier alpha value is -3.03. The molecule has 2 aliphatic rings. The van der Waals surface area contributed by atoms with Gasteiger partial charge in [-0.15, -0.1) is 0 Å². The normalized spacial score (nSPS) is 18.1. The summed E-state index contributed by atoms with van der Waals surface area (Å²) in [5.41, 5.74) is 0.0589. The van der Waals surface area contributed by atoms with Crippen molar-refractivity contribution < 1.29 is 28.7 Å². The molecule has 7 heteroatoms. The highest BCUT2D eigenvalue weighted by atomic mass is 16.7. The number of hydrogen-bond acceptors (Lipinski definition) is 6. The highest BCUT2D eigenvalue weighted by Gasteiger charge is 2.47. The summed E-state index contributed by atoms with van der Waals surface area (Å²) < 4.78 is 11.3. The van der Waals surface area contributed by atoms with E-state index < -0.39 is 23.4 Å². The summed E-state index contributed by atoms with van der Waals surface area (Å²) in [7, 11) is 0. The van der Waals surface area contributed by atoms with Crippen LogP contribution in [0.5, 0.6) is 0 Å². The van der Waals surface area contributed by atoms with Crippen LogP contribution in [0.3, 0.4) is 0 Å². The average molecular weight is 381 g/mol.